The second-order valence-corrected chi connectivity index (χ2v) is 10.2. The molecule has 3 rings (SSSR count). The third kappa shape index (κ3) is 6.13. The molecule has 0 bridgehead atoms. The molecule has 2 aromatic carbocycles. The number of hydrogen-bond acceptors (Lipinski definition) is 5. The Hall–Kier alpha value is -2.42. The van der Waals surface area contributed by atoms with Crippen LogP contribution < -0.4 is 10.1 Å². The van der Waals surface area contributed by atoms with Crippen LogP contribution in [0, 0.1) is 0 Å². The van der Waals surface area contributed by atoms with Crippen molar-refractivity contribution in [3.8, 4) is 5.75 Å². The van der Waals surface area contributed by atoms with Crippen LogP contribution in [-0.2, 0) is 10.0 Å². The van der Waals surface area contributed by atoms with Crippen molar-refractivity contribution in [2.45, 2.75) is 44.0 Å². The van der Waals surface area contributed by atoms with Gasteiger partial charge in [0.1, 0.15) is 5.75 Å². The second-order valence-electron chi connectivity index (χ2n) is 8.22. The lowest BCUT2D eigenvalue weighted by Crippen LogP contribution is -2.38. The predicted octanol–water partition coefficient (Wildman–Crippen LogP) is 3.68. The fourth-order valence-electron chi connectivity index (χ4n) is 4.31. The van der Waals surface area contributed by atoms with Gasteiger partial charge in [-0.15, -0.1) is 0 Å². The monoisotopic (exact) mass is 473 g/mol. The van der Waals surface area contributed by atoms with Crippen LogP contribution in [0.2, 0.25) is 0 Å². The summed E-state index contributed by atoms with van der Waals surface area (Å²) in [5, 5.41) is 3.01. The first-order valence-electron chi connectivity index (χ1n) is 11.7. The van der Waals surface area contributed by atoms with Crippen molar-refractivity contribution in [3.63, 3.8) is 0 Å². The average Bonchev–Trinajstić information content (AvgIpc) is 2.87. The van der Waals surface area contributed by atoms with Gasteiger partial charge in [-0.25, -0.2) is 8.42 Å². The molecule has 8 heteroatoms. The number of benzene rings is 2. The Morgan fingerprint density at radius 2 is 1.76 bits per heavy atom. The summed E-state index contributed by atoms with van der Waals surface area (Å²) < 4.78 is 32.9. The van der Waals surface area contributed by atoms with E-state index in [1.807, 2.05) is 24.3 Å². The minimum Gasteiger partial charge on any atom is -0.497 e. The van der Waals surface area contributed by atoms with Crippen LogP contribution in [0.5, 0.6) is 5.75 Å². The van der Waals surface area contributed by atoms with E-state index in [4.69, 9.17) is 4.74 Å². The van der Waals surface area contributed by atoms with Gasteiger partial charge in [0.2, 0.25) is 10.0 Å². The molecule has 0 radical (unpaired) electrons. The Morgan fingerprint density at radius 3 is 2.42 bits per heavy atom. The van der Waals surface area contributed by atoms with E-state index in [0.29, 0.717) is 25.2 Å². The fraction of sp³-hybridized carbons (Fsp3) is 0.480. The highest BCUT2D eigenvalue weighted by atomic mass is 32.2. The number of likely N-dealkylation sites (N-methyl/N-ethyl adjacent to an activating group) is 1. The van der Waals surface area contributed by atoms with Crippen LogP contribution in [0.3, 0.4) is 0 Å². The van der Waals surface area contributed by atoms with Gasteiger partial charge in [-0.1, -0.05) is 38.5 Å². The molecular weight excluding hydrogens is 438 g/mol. The van der Waals surface area contributed by atoms with Gasteiger partial charge in [0.25, 0.3) is 5.91 Å². The van der Waals surface area contributed by atoms with Crippen LogP contribution in [0.25, 0.3) is 0 Å². The highest BCUT2D eigenvalue weighted by Crippen LogP contribution is 2.25. The molecule has 1 N–H and O–H groups in total. The summed E-state index contributed by atoms with van der Waals surface area (Å²) in [6, 6.07) is 14.2. The lowest BCUT2D eigenvalue weighted by atomic mass is 10.0. The number of sulfonamides is 1. The first-order chi connectivity index (χ1) is 15.9. The van der Waals surface area contributed by atoms with Crippen molar-refractivity contribution in [2.75, 3.05) is 39.8 Å². The number of carbonyl (C=O) groups is 1. The van der Waals surface area contributed by atoms with Crippen molar-refractivity contribution in [1.29, 1.82) is 0 Å². The van der Waals surface area contributed by atoms with Crippen molar-refractivity contribution in [2.24, 2.45) is 0 Å². The molecule has 1 amide bonds. The molecule has 7 nitrogen and oxygen atoms in total. The number of ether oxygens (including phenoxy) is 1. The maximum Gasteiger partial charge on any atom is 0.251 e. The van der Waals surface area contributed by atoms with Crippen LogP contribution in [0.1, 0.15) is 55.1 Å². The molecule has 2 aromatic rings. The second kappa shape index (κ2) is 11.6. The summed E-state index contributed by atoms with van der Waals surface area (Å²) in [5.74, 6) is 0.484. The number of methoxy groups -OCH3 is 1. The Balaban J connectivity index is 1.77. The SMILES string of the molecule is CCN(CC)C(CNC(=O)c1cccc(S(=O)(=O)N2CCCCC2)c1)c1cccc(OC)c1. The molecule has 33 heavy (non-hydrogen) atoms. The summed E-state index contributed by atoms with van der Waals surface area (Å²) in [6.45, 7) is 7.31. The van der Waals surface area contributed by atoms with E-state index in [-0.39, 0.29) is 16.8 Å². The predicted molar refractivity (Wildman–Crippen MR) is 130 cm³/mol. The molecule has 1 unspecified atom stereocenters. The third-order valence-corrected chi connectivity index (χ3v) is 8.13. The van der Waals surface area contributed by atoms with Gasteiger partial charge in [0.05, 0.1) is 18.0 Å². The number of rotatable bonds is 10. The standard InChI is InChI=1S/C25H35N3O4S/c1-4-27(5-2)24(20-11-9-13-22(17-20)32-3)19-26-25(29)21-12-10-14-23(18-21)33(30,31)28-15-7-6-8-16-28/h9-14,17-18,24H,4-8,15-16,19H2,1-3H3,(H,26,29). The molecule has 180 valence electrons. The zero-order valence-electron chi connectivity index (χ0n) is 19.8. The summed E-state index contributed by atoms with van der Waals surface area (Å²) in [4.78, 5) is 15.4. The zero-order valence-corrected chi connectivity index (χ0v) is 20.6. The number of nitrogens with zero attached hydrogens (tertiary/aromatic N) is 2. The molecule has 0 saturated carbocycles. The fourth-order valence-corrected chi connectivity index (χ4v) is 5.88. The maximum absolute atomic E-state index is 13.0. The summed E-state index contributed by atoms with van der Waals surface area (Å²) >= 11 is 0. The van der Waals surface area contributed by atoms with Crippen molar-refractivity contribution in [3.05, 3.63) is 59.7 Å². The van der Waals surface area contributed by atoms with Crippen molar-refractivity contribution < 1.29 is 17.9 Å². The zero-order chi connectivity index (χ0) is 23.8. The highest BCUT2D eigenvalue weighted by Gasteiger charge is 2.27. The van der Waals surface area contributed by atoms with Crippen LogP contribution >= 0.6 is 0 Å². The molecule has 1 heterocycles. The van der Waals surface area contributed by atoms with E-state index in [0.717, 1.165) is 43.7 Å². The van der Waals surface area contributed by atoms with Gasteiger partial charge in [0.15, 0.2) is 0 Å². The van der Waals surface area contributed by atoms with Gasteiger partial charge >= 0.3 is 0 Å². The largest absolute Gasteiger partial charge is 0.497 e. The van der Waals surface area contributed by atoms with E-state index < -0.39 is 10.0 Å². The minimum absolute atomic E-state index is 0.0284. The van der Waals surface area contributed by atoms with Gasteiger partial charge in [-0.3, -0.25) is 9.69 Å². The molecule has 1 aliphatic rings. The lowest BCUT2D eigenvalue weighted by Gasteiger charge is -2.30. The first kappa shape index (κ1) is 25.2. The van der Waals surface area contributed by atoms with Crippen LogP contribution in [-0.4, -0.2) is 63.4 Å². The Kier molecular flexibility index (Phi) is 8.88. The quantitative estimate of drug-likeness (QED) is 0.569. The van der Waals surface area contributed by atoms with Gasteiger partial charge in [-0.2, -0.15) is 4.31 Å². The molecule has 0 aromatic heterocycles. The topological polar surface area (TPSA) is 79.0 Å². The highest BCUT2D eigenvalue weighted by molar-refractivity contribution is 7.89. The molecule has 0 spiro atoms. The smallest absolute Gasteiger partial charge is 0.251 e. The summed E-state index contributed by atoms with van der Waals surface area (Å²) in [6.07, 6.45) is 2.79. The number of piperidine rings is 1. The van der Waals surface area contributed by atoms with Crippen molar-refractivity contribution in [1.82, 2.24) is 14.5 Å². The molecule has 1 saturated heterocycles. The van der Waals surface area contributed by atoms with E-state index in [9.17, 15) is 13.2 Å². The Morgan fingerprint density at radius 1 is 1.06 bits per heavy atom. The molecule has 1 fully saturated rings. The molecule has 1 atom stereocenters. The van der Waals surface area contributed by atoms with Gasteiger partial charge in [-0.05, 0) is 61.8 Å². The van der Waals surface area contributed by atoms with E-state index in [1.54, 1.807) is 25.3 Å². The lowest BCUT2D eigenvalue weighted by molar-refractivity contribution is 0.0934. The normalized spacial score (nSPS) is 15.9. The van der Waals surface area contributed by atoms with Crippen LogP contribution in [0.4, 0.5) is 0 Å². The molecule has 1 aliphatic heterocycles. The summed E-state index contributed by atoms with van der Waals surface area (Å²) in [7, 11) is -1.95. The number of carbonyl (C=O) groups excluding carboxylic acids is 1. The van der Waals surface area contributed by atoms with E-state index in [1.165, 1.54) is 10.4 Å². The maximum atomic E-state index is 13.0. The van der Waals surface area contributed by atoms with E-state index >= 15 is 0 Å². The Bertz CT molecular complexity index is 1030. The summed E-state index contributed by atoms with van der Waals surface area (Å²) in [5.41, 5.74) is 1.40. The van der Waals surface area contributed by atoms with Gasteiger partial charge in [0, 0.05) is 25.2 Å². The van der Waals surface area contributed by atoms with Crippen LogP contribution in [0.15, 0.2) is 53.4 Å². The third-order valence-electron chi connectivity index (χ3n) is 6.24. The van der Waals surface area contributed by atoms with E-state index in [2.05, 4.69) is 24.1 Å². The first-order valence-corrected chi connectivity index (χ1v) is 13.1. The molecule has 0 aliphatic carbocycles. The number of nitrogens with one attached hydrogen (secondary N) is 1. The minimum atomic E-state index is -3.59. The number of hydrogen-bond donors (Lipinski definition) is 1. The van der Waals surface area contributed by atoms with Gasteiger partial charge < -0.3 is 10.1 Å². The number of amides is 1. The van der Waals surface area contributed by atoms with Crippen molar-refractivity contribution >= 4 is 15.9 Å². The molecular formula is C25H35N3O4S. The average molecular weight is 474 g/mol. The Labute approximate surface area is 197 Å².